The maximum Gasteiger partial charge on any atom is 0.326 e. The van der Waals surface area contributed by atoms with Gasteiger partial charge in [0, 0.05) is 36.3 Å². The summed E-state index contributed by atoms with van der Waals surface area (Å²) in [4.78, 5) is 61.5. The van der Waals surface area contributed by atoms with E-state index in [2.05, 4.69) is 16.0 Å². The number of carbonyl (C=O) groups excluding carboxylic acids is 3. The van der Waals surface area contributed by atoms with Crippen molar-refractivity contribution in [2.75, 3.05) is 0 Å². The molecule has 0 radical (unpaired) electrons. The number of nitrogens with one attached hydrogen (secondary N) is 3. The van der Waals surface area contributed by atoms with Crippen molar-refractivity contribution in [1.29, 1.82) is 0 Å². The van der Waals surface area contributed by atoms with Crippen LogP contribution in [0.25, 0.3) is 0 Å². The van der Waals surface area contributed by atoms with Crippen LogP contribution in [0.3, 0.4) is 0 Å². The third kappa shape index (κ3) is 8.82. The van der Waals surface area contributed by atoms with Crippen LogP contribution in [0.15, 0.2) is 0 Å². The number of hydrogen-bond acceptors (Lipinski definition) is 6. The Bertz CT molecular complexity index is 555. The molecule has 28 heavy (non-hydrogen) atoms. The van der Waals surface area contributed by atoms with Gasteiger partial charge in [-0.25, -0.2) is 14.4 Å². The summed E-state index contributed by atoms with van der Waals surface area (Å²) in [5, 5.41) is 31.9. The van der Waals surface area contributed by atoms with Crippen molar-refractivity contribution in [3.05, 3.63) is 0 Å². The van der Waals surface area contributed by atoms with Crippen molar-refractivity contribution in [2.45, 2.75) is 56.7 Å². The molecule has 158 valence electrons. The minimum atomic E-state index is -0.944. The summed E-state index contributed by atoms with van der Waals surface area (Å²) in [6.45, 7) is 0. The maximum atomic E-state index is 10.4. The second-order valence-corrected chi connectivity index (χ2v) is 5.99. The van der Waals surface area contributed by atoms with Crippen LogP contribution in [-0.4, -0.2) is 69.1 Å². The quantitative estimate of drug-likeness (QED) is 0.268. The predicted octanol–water partition coefficient (Wildman–Crippen LogP) is -1.95. The molecular formula is C15H21FeN3O9. The molecule has 0 bridgehead atoms. The van der Waals surface area contributed by atoms with E-state index in [1.807, 2.05) is 0 Å². The van der Waals surface area contributed by atoms with Gasteiger partial charge in [0.2, 0.25) is 17.7 Å². The van der Waals surface area contributed by atoms with Crippen LogP contribution >= 0.6 is 0 Å². The summed E-state index contributed by atoms with van der Waals surface area (Å²) in [6, 6.07) is -1.92. The van der Waals surface area contributed by atoms with Gasteiger partial charge in [-0.3, -0.25) is 14.4 Å². The molecule has 3 rings (SSSR count). The molecule has 0 aromatic heterocycles. The van der Waals surface area contributed by atoms with Crippen molar-refractivity contribution in [3.8, 4) is 0 Å². The van der Waals surface area contributed by atoms with E-state index >= 15 is 0 Å². The molecular weight excluding hydrogens is 422 g/mol. The minimum absolute atomic E-state index is 0. The molecule has 12 nitrogen and oxygen atoms in total. The molecule has 13 heteroatoms. The van der Waals surface area contributed by atoms with Crippen molar-refractivity contribution in [3.63, 3.8) is 0 Å². The Kier molecular flexibility index (Phi) is 10.8. The third-order valence-corrected chi connectivity index (χ3v) is 3.88. The van der Waals surface area contributed by atoms with E-state index in [-0.39, 0.29) is 34.8 Å². The first-order valence-electron chi connectivity index (χ1n) is 8.16. The van der Waals surface area contributed by atoms with Gasteiger partial charge in [0.25, 0.3) is 0 Å². The monoisotopic (exact) mass is 443 g/mol. The molecule has 3 saturated heterocycles. The topological polar surface area (TPSA) is 199 Å². The van der Waals surface area contributed by atoms with Gasteiger partial charge < -0.3 is 31.3 Å². The average molecular weight is 443 g/mol. The first kappa shape index (κ1) is 25.3. The molecule has 3 aliphatic heterocycles. The number of carboxylic acid groups (broad SMARTS) is 3. The second kappa shape index (κ2) is 11.9. The summed E-state index contributed by atoms with van der Waals surface area (Å²) in [7, 11) is 0. The van der Waals surface area contributed by atoms with Crippen LogP contribution < -0.4 is 16.0 Å². The number of rotatable bonds is 3. The Morgan fingerprint density at radius 1 is 0.607 bits per heavy atom. The predicted molar refractivity (Wildman–Crippen MR) is 86.4 cm³/mol. The molecule has 0 aromatic rings. The minimum Gasteiger partial charge on any atom is -0.480 e. The smallest absolute Gasteiger partial charge is 0.326 e. The van der Waals surface area contributed by atoms with Crippen molar-refractivity contribution >= 4 is 35.6 Å². The van der Waals surface area contributed by atoms with Crippen LogP contribution in [0.5, 0.6) is 0 Å². The summed E-state index contributed by atoms with van der Waals surface area (Å²) in [5.41, 5.74) is 0. The molecule has 3 aliphatic rings. The number of carbonyl (C=O) groups is 6. The van der Waals surface area contributed by atoms with Crippen molar-refractivity contribution in [2.24, 2.45) is 0 Å². The summed E-state index contributed by atoms with van der Waals surface area (Å²) in [6.07, 6.45) is 2.31. The van der Waals surface area contributed by atoms with Crippen LogP contribution in [0, 0.1) is 0 Å². The van der Waals surface area contributed by atoms with E-state index in [0.717, 1.165) is 0 Å². The Morgan fingerprint density at radius 2 is 0.821 bits per heavy atom. The molecule has 0 aliphatic carbocycles. The SMILES string of the molecule is O=C1CC[C@@H](C(=O)O)N1.O=C1CC[C@@H](C(=O)O)N1.O=C1CC[C@@H](C(=O)O)N1.[Fe]. The van der Waals surface area contributed by atoms with Gasteiger partial charge in [-0.1, -0.05) is 0 Å². The fourth-order valence-electron chi connectivity index (χ4n) is 2.40. The van der Waals surface area contributed by atoms with Crippen molar-refractivity contribution < 1.29 is 61.2 Å². The largest absolute Gasteiger partial charge is 0.480 e. The Hall–Kier alpha value is -2.66. The van der Waals surface area contributed by atoms with Gasteiger partial charge >= 0.3 is 17.9 Å². The first-order chi connectivity index (χ1) is 12.6. The van der Waals surface area contributed by atoms with Crippen molar-refractivity contribution in [1.82, 2.24) is 16.0 Å². The number of aliphatic carboxylic acids is 3. The van der Waals surface area contributed by atoms with Crippen LogP contribution in [0.1, 0.15) is 38.5 Å². The normalized spacial score (nSPS) is 24.9. The zero-order valence-corrected chi connectivity index (χ0v) is 15.7. The molecule has 3 fully saturated rings. The Morgan fingerprint density at radius 3 is 0.893 bits per heavy atom. The van der Waals surface area contributed by atoms with Crippen LogP contribution in [0.2, 0.25) is 0 Å². The standard InChI is InChI=1S/3C5H7NO3.Fe/c3*7-4-2-1-3(6-4)5(8)9;/h3*3H,1-2H2,(H,6,7)(H,8,9);/t3*3-;/m000./s1. The van der Waals surface area contributed by atoms with E-state index in [9.17, 15) is 28.8 Å². The summed E-state index contributed by atoms with van der Waals surface area (Å²) >= 11 is 0. The molecule has 0 unspecified atom stereocenters. The zero-order chi connectivity index (χ0) is 20.6. The van der Waals surface area contributed by atoms with Gasteiger partial charge in [0.1, 0.15) is 18.1 Å². The molecule has 0 spiro atoms. The van der Waals surface area contributed by atoms with Gasteiger partial charge in [-0.05, 0) is 19.3 Å². The van der Waals surface area contributed by atoms with E-state index in [0.29, 0.717) is 38.5 Å². The van der Waals surface area contributed by atoms with E-state index < -0.39 is 36.0 Å². The third-order valence-electron chi connectivity index (χ3n) is 3.88. The molecule has 3 atom stereocenters. The van der Waals surface area contributed by atoms with E-state index in [1.54, 1.807) is 0 Å². The van der Waals surface area contributed by atoms with Gasteiger partial charge in [-0.15, -0.1) is 0 Å². The van der Waals surface area contributed by atoms with Crippen LogP contribution in [0.4, 0.5) is 0 Å². The molecule has 6 N–H and O–H groups in total. The number of amides is 3. The molecule has 3 heterocycles. The number of hydrogen-bond donors (Lipinski definition) is 6. The average Bonchev–Trinajstić information content (AvgIpc) is 3.30. The summed E-state index contributed by atoms with van der Waals surface area (Å²) in [5.74, 6) is -3.32. The Balaban J connectivity index is 0.000000384. The van der Waals surface area contributed by atoms with E-state index in [4.69, 9.17) is 15.3 Å². The number of carboxylic acids is 3. The Labute approximate surface area is 169 Å². The molecule has 3 amide bonds. The van der Waals surface area contributed by atoms with Gasteiger partial charge in [0.05, 0.1) is 0 Å². The van der Waals surface area contributed by atoms with Gasteiger partial charge in [-0.2, -0.15) is 0 Å². The van der Waals surface area contributed by atoms with E-state index in [1.165, 1.54) is 0 Å². The molecule has 0 saturated carbocycles. The maximum absolute atomic E-state index is 10.4. The molecule has 0 aromatic carbocycles. The fourth-order valence-corrected chi connectivity index (χ4v) is 2.40. The summed E-state index contributed by atoms with van der Waals surface area (Å²) < 4.78 is 0. The van der Waals surface area contributed by atoms with Crippen LogP contribution in [-0.2, 0) is 45.8 Å². The first-order valence-corrected chi connectivity index (χ1v) is 8.16. The fraction of sp³-hybridized carbons (Fsp3) is 0.600. The van der Waals surface area contributed by atoms with Gasteiger partial charge in [0.15, 0.2) is 0 Å². The zero-order valence-electron chi connectivity index (χ0n) is 14.6. The second-order valence-electron chi connectivity index (χ2n) is 5.99.